The molecule has 1 aromatic rings. The van der Waals surface area contributed by atoms with E-state index in [0.717, 1.165) is 19.5 Å². The van der Waals surface area contributed by atoms with Crippen LogP contribution in [0.15, 0.2) is 24.3 Å². The molecule has 0 radical (unpaired) electrons. The molecule has 1 aliphatic heterocycles. The van der Waals surface area contributed by atoms with Gasteiger partial charge in [0.1, 0.15) is 0 Å². The molecular weight excluding hydrogens is 200 g/mol. The molecule has 88 valence electrons. The van der Waals surface area contributed by atoms with E-state index in [1.807, 2.05) is 0 Å². The number of benzene rings is 1. The Labute approximate surface area is 96.9 Å². The van der Waals surface area contributed by atoms with Crippen LogP contribution in [0.2, 0.25) is 0 Å². The van der Waals surface area contributed by atoms with E-state index in [4.69, 9.17) is 10.8 Å². The third kappa shape index (κ3) is 2.36. The summed E-state index contributed by atoms with van der Waals surface area (Å²) in [5, 5.41) is 9.05. The highest BCUT2D eigenvalue weighted by Gasteiger charge is 2.27. The quantitative estimate of drug-likeness (QED) is 0.803. The lowest BCUT2D eigenvalue weighted by atomic mass is 10.0. The molecule has 0 aliphatic carbocycles. The van der Waals surface area contributed by atoms with Crippen LogP contribution in [0.1, 0.15) is 12.0 Å². The highest BCUT2D eigenvalue weighted by Crippen LogP contribution is 2.25. The van der Waals surface area contributed by atoms with Gasteiger partial charge in [0.05, 0.1) is 6.61 Å². The molecule has 0 saturated carbocycles. The number of hydrogen-bond acceptors (Lipinski definition) is 3. The van der Waals surface area contributed by atoms with Gasteiger partial charge >= 0.3 is 0 Å². The standard InChI is InChI=1S/C13H20N2O/c1-10-3-2-4-12(7-10)15-6-5-11(8-15)13(14)9-16/h2-4,7,11,13,16H,5-6,8-9,14H2,1H3. The first-order chi connectivity index (χ1) is 7.70. The minimum Gasteiger partial charge on any atom is -0.395 e. The third-order valence-corrected chi connectivity index (χ3v) is 3.41. The molecule has 2 rings (SSSR count). The van der Waals surface area contributed by atoms with Gasteiger partial charge in [0.2, 0.25) is 0 Å². The number of anilines is 1. The zero-order valence-electron chi connectivity index (χ0n) is 9.76. The van der Waals surface area contributed by atoms with Crippen molar-refractivity contribution in [2.24, 2.45) is 11.7 Å². The summed E-state index contributed by atoms with van der Waals surface area (Å²) in [4.78, 5) is 2.35. The molecule has 0 bridgehead atoms. The lowest BCUT2D eigenvalue weighted by Gasteiger charge is -2.21. The van der Waals surface area contributed by atoms with Crippen LogP contribution in [-0.4, -0.2) is 30.8 Å². The fraction of sp³-hybridized carbons (Fsp3) is 0.538. The minimum atomic E-state index is -0.0743. The lowest BCUT2D eigenvalue weighted by Crippen LogP contribution is -2.35. The van der Waals surface area contributed by atoms with E-state index in [0.29, 0.717) is 5.92 Å². The molecule has 0 aromatic heterocycles. The van der Waals surface area contributed by atoms with Gasteiger partial charge in [-0.25, -0.2) is 0 Å². The Kier molecular flexibility index (Phi) is 3.46. The first kappa shape index (κ1) is 11.4. The predicted molar refractivity (Wildman–Crippen MR) is 66.6 cm³/mol. The number of nitrogens with two attached hydrogens (primary N) is 1. The summed E-state index contributed by atoms with van der Waals surface area (Å²) in [6, 6.07) is 8.46. The van der Waals surface area contributed by atoms with E-state index in [1.54, 1.807) is 0 Å². The van der Waals surface area contributed by atoms with E-state index in [2.05, 4.69) is 36.1 Å². The van der Waals surface area contributed by atoms with Gasteiger partial charge in [-0.2, -0.15) is 0 Å². The van der Waals surface area contributed by atoms with Crippen molar-refractivity contribution < 1.29 is 5.11 Å². The van der Waals surface area contributed by atoms with Crippen molar-refractivity contribution in [1.82, 2.24) is 0 Å². The number of rotatable bonds is 3. The van der Waals surface area contributed by atoms with Crippen LogP contribution in [-0.2, 0) is 0 Å². The maximum atomic E-state index is 9.05. The van der Waals surface area contributed by atoms with Crippen LogP contribution in [0.4, 0.5) is 5.69 Å². The summed E-state index contributed by atoms with van der Waals surface area (Å²) in [5.74, 6) is 0.422. The number of aryl methyl sites for hydroxylation is 1. The Morgan fingerprint density at radius 3 is 3.06 bits per heavy atom. The monoisotopic (exact) mass is 220 g/mol. The van der Waals surface area contributed by atoms with Crippen LogP contribution in [0.5, 0.6) is 0 Å². The van der Waals surface area contributed by atoms with Gasteiger partial charge in [0.15, 0.2) is 0 Å². The van der Waals surface area contributed by atoms with Crippen LogP contribution < -0.4 is 10.6 Å². The normalized spacial score (nSPS) is 22.4. The summed E-state index contributed by atoms with van der Waals surface area (Å²) >= 11 is 0. The molecule has 0 amide bonds. The van der Waals surface area contributed by atoms with Crippen molar-refractivity contribution in [3.63, 3.8) is 0 Å². The van der Waals surface area contributed by atoms with Crippen LogP contribution in [0.3, 0.4) is 0 Å². The summed E-state index contributed by atoms with van der Waals surface area (Å²) in [6.45, 7) is 4.20. The van der Waals surface area contributed by atoms with Gasteiger partial charge in [-0.3, -0.25) is 0 Å². The lowest BCUT2D eigenvalue weighted by molar-refractivity contribution is 0.233. The molecule has 16 heavy (non-hydrogen) atoms. The fourth-order valence-electron chi connectivity index (χ4n) is 2.35. The zero-order valence-corrected chi connectivity index (χ0v) is 9.76. The largest absolute Gasteiger partial charge is 0.395 e. The van der Waals surface area contributed by atoms with Gasteiger partial charge < -0.3 is 15.7 Å². The zero-order chi connectivity index (χ0) is 11.5. The van der Waals surface area contributed by atoms with Crippen LogP contribution >= 0.6 is 0 Å². The maximum Gasteiger partial charge on any atom is 0.0585 e. The Morgan fingerprint density at radius 2 is 2.38 bits per heavy atom. The molecule has 3 N–H and O–H groups in total. The predicted octanol–water partition coefficient (Wildman–Crippen LogP) is 1.14. The highest BCUT2D eigenvalue weighted by atomic mass is 16.3. The summed E-state index contributed by atoms with van der Waals surface area (Å²) in [7, 11) is 0. The Hall–Kier alpha value is -1.06. The molecule has 2 unspecified atom stereocenters. The maximum absolute atomic E-state index is 9.05. The molecule has 2 atom stereocenters. The summed E-state index contributed by atoms with van der Waals surface area (Å²) in [5.41, 5.74) is 8.43. The van der Waals surface area contributed by atoms with Crippen molar-refractivity contribution in [3.05, 3.63) is 29.8 Å². The second kappa shape index (κ2) is 4.85. The van der Waals surface area contributed by atoms with E-state index >= 15 is 0 Å². The molecule has 3 heteroatoms. The molecule has 3 nitrogen and oxygen atoms in total. The van der Waals surface area contributed by atoms with Crippen molar-refractivity contribution in [1.29, 1.82) is 0 Å². The Bertz CT molecular complexity index is 354. The van der Waals surface area contributed by atoms with E-state index < -0.39 is 0 Å². The number of aliphatic hydroxyl groups excluding tert-OH is 1. The van der Waals surface area contributed by atoms with Gasteiger partial charge in [0.25, 0.3) is 0 Å². The molecule has 0 spiro atoms. The van der Waals surface area contributed by atoms with E-state index in [-0.39, 0.29) is 12.6 Å². The minimum absolute atomic E-state index is 0.0743. The summed E-state index contributed by atoms with van der Waals surface area (Å²) in [6.07, 6.45) is 1.08. The van der Waals surface area contributed by atoms with Gasteiger partial charge in [-0.15, -0.1) is 0 Å². The SMILES string of the molecule is Cc1cccc(N2CCC(C(N)CO)C2)c1. The molecule has 1 aromatic carbocycles. The van der Waals surface area contributed by atoms with Crippen molar-refractivity contribution >= 4 is 5.69 Å². The van der Waals surface area contributed by atoms with Crippen molar-refractivity contribution in [2.75, 3.05) is 24.6 Å². The van der Waals surface area contributed by atoms with E-state index in [9.17, 15) is 0 Å². The smallest absolute Gasteiger partial charge is 0.0585 e. The van der Waals surface area contributed by atoms with Crippen LogP contribution in [0.25, 0.3) is 0 Å². The average Bonchev–Trinajstić information content (AvgIpc) is 2.77. The molecule has 1 aliphatic rings. The van der Waals surface area contributed by atoms with Gasteiger partial charge in [0, 0.05) is 24.8 Å². The molecular formula is C13H20N2O. The molecule has 1 saturated heterocycles. The first-order valence-electron chi connectivity index (χ1n) is 5.89. The highest BCUT2D eigenvalue weighted by molar-refractivity contribution is 5.49. The second-order valence-electron chi connectivity index (χ2n) is 4.68. The first-order valence-corrected chi connectivity index (χ1v) is 5.89. The van der Waals surface area contributed by atoms with Crippen molar-refractivity contribution in [2.45, 2.75) is 19.4 Å². The second-order valence-corrected chi connectivity index (χ2v) is 4.68. The van der Waals surface area contributed by atoms with Crippen LogP contribution in [0, 0.1) is 12.8 Å². The number of hydrogen-bond donors (Lipinski definition) is 2. The Balaban J connectivity index is 2.03. The van der Waals surface area contributed by atoms with Gasteiger partial charge in [-0.05, 0) is 37.0 Å². The van der Waals surface area contributed by atoms with Crippen molar-refractivity contribution in [3.8, 4) is 0 Å². The average molecular weight is 220 g/mol. The number of nitrogens with zero attached hydrogens (tertiary/aromatic N) is 1. The number of aliphatic hydroxyl groups is 1. The Morgan fingerprint density at radius 1 is 1.56 bits per heavy atom. The molecule has 1 fully saturated rings. The van der Waals surface area contributed by atoms with Gasteiger partial charge in [-0.1, -0.05) is 12.1 Å². The third-order valence-electron chi connectivity index (χ3n) is 3.41. The molecule has 1 heterocycles. The van der Waals surface area contributed by atoms with E-state index in [1.165, 1.54) is 11.3 Å². The summed E-state index contributed by atoms with van der Waals surface area (Å²) < 4.78 is 0. The topological polar surface area (TPSA) is 49.5 Å². The fourth-order valence-corrected chi connectivity index (χ4v) is 2.35.